The molecule has 3 aromatic rings. The Morgan fingerprint density at radius 1 is 1.16 bits per heavy atom. The molecule has 3 rings (SSSR count). The molecule has 0 spiro atoms. The SMILES string of the molecule is C[C@H](NC(=O)OC(C)(C)C)c1nc2cccc(Cl)c2c(=O)n1Nc1c(Cl)cc(F)cc1Cl. The molecule has 0 bridgehead atoms. The van der Waals surface area contributed by atoms with Crippen LogP contribution in [0.2, 0.25) is 15.1 Å². The van der Waals surface area contributed by atoms with Gasteiger partial charge in [-0.15, -0.1) is 0 Å². The number of hydrogen-bond donors (Lipinski definition) is 2. The van der Waals surface area contributed by atoms with Gasteiger partial charge in [-0.25, -0.2) is 18.8 Å². The van der Waals surface area contributed by atoms with Gasteiger partial charge in [-0.1, -0.05) is 40.9 Å². The molecule has 0 radical (unpaired) electrons. The predicted octanol–water partition coefficient (Wildman–Crippen LogP) is 5.96. The minimum Gasteiger partial charge on any atom is -0.444 e. The summed E-state index contributed by atoms with van der Waals surface area (Å²) in [5, 5.41) is 2.86. The van der Waals surface area contributed by atoms with Crippen LogP contribution in [0.4, 0.5) is 14.9 Å². The van der Waals surface area contributed by atoms with Gasteiger partial charge >= 0.3 is 6.09 Å². The monoisotopic (exact) mass is 500 g/mol. The average molecular weight is 502 g/mol. The maximum Gasteiger partial charge on any atom is 0.408 e. The van der Waals surface area contributed by atoms with Crippen LogP contribution in [0.25, 0.3) is 10.9 Å². The zero-order valence-electron chi connectivity index (χ0n) is 17.6. The van der Waals surface area contributed by atoms with E-state index in [-0.39, 0.29) is 32.0 Å². The van der Waals surface area contributed by atoms with Crippen molar-refractivity contribution >= 4 is 57.5 Å². The van der Waals surface area contributed by atoms with Crippen molar-refractivity contribution in [3.8, 4) is 0 Å². The van der Waals surface area contributed by atoms with Gasteiger partial charge in [0.2, 0.25) is 0 Å². The van der Waals surface area contributed by atoms with Crippen molar-refractivity contribution in [2.24, 2.45) is 0 Å². The summed E-state index contributed by atoms with van der Waals surface area (Å²) in [6.07, 6.45) is -0.699. The molecule has 7 nitrogen and oxygen atoms in total. The van der Waals surface area contributed by atoms with E-state index in [1.54, 1.807) is 45.9 Å². The number of nitrogens with one attached hydrogen (secondary N) is 2. The Morgan fingerprint density at radius 3 is 2.38 bits per heavy atom. The summed E-state index contributed by atoms with van der Waals surface area (Å²) in [5.41, 5.74) is 1.90. The van der Waals surface area contributed by atoms with Gasteiger partial charge in [-0.2, -0.15) is 0 Å². The minimum absolute atomic E-state index is 0.0557. The highest BCUT2D eigenvalue weighted by molar-refractivity contribution is 6.39. The largest absolute Gasteiger partial charge is 0.444 e. The van der Waals surface area contributed by atoms with E-state index in [9.17, 15) is 14.0 Å². The summed E-state index contributed by atoms with van der Waals surface area (Å²) in [7, 11) is 0. The average Bonchev–Trinajstić information content (AvgIpc) is 2.64. The second-order valence-electron chi connectivity index (χ2n) is 7.97. The number of rotatable bonds is 4. The van der Waals surface area contributed by atoms with Crippen LogP contribution in [-0.4, -0.2) is 21.4 Å². The molecule has 0 aliphatic carbocycles. The quantitative estimate of drug-likeness (QED) is 0.461. The standard InChI is InChI=1S/C21H20Cl3FN4O3/c1-10(26-20(31)32-21(2,3)4)18-27-15-7-5-6-12(22)16(15)19(30)29(18)28-17-13(23)8-11(25)9-14(17)24/h5-10,28H,1-4H3,(H,26,31)/t10-/m0/s1. The van der Waals surface area contributed by atoms with Crippen LogP contribution < -0.4 is 16.3 Å². The molecular weight excluding hydrogens is 482 g/mol. The molecule has 0 unspecified atom stereocenters. The number of halogens is 4. The van der Waals surface area contributed by atoms with Gasteiger partial charge in [0.25, 0.3) is 5.56 Å². The summed E-state index contributed by atoms with van der Waals surface area (Å²) < 4.78 is 20.0. The van der Waals surface area contributed by atoms with E-state index in [4.69, 9.17) is 39.5 Å². The van der Waals surface area contributed by atoms with Crippen LogP contribution in [0.3, 0.4) is 0 Å². The molecule has 1 amide bonds. The topological polar surface area (TPSA) is 85.2 Å². The molecule has 0 saturated carbocycles. The van der Waals surface area contributed by atoms with E-state index in [0.717, 1.165) is 16.8 Å². The van der Waals surface area contributed by atoms with Gasteiger partial charge < -0.3 is 10.1 Å². The molecule has 2 N–H and O–H groups in total. The van der Waals surface area contributed by atoms with E-state index in [0.29, 0.717) is 5.52 Å². The normalized spacial score (nSPS) is 12.5. The first-order valence-electron chi connectivity index (χ1n) is 9.49. The Labute approximate surface area is 198 Å². The highest BCUT2D eigenvalue weighted by Crippen LogP contribution is 2.32. The molecular formula is C21H20Cl3FN4O3. The van der Waals surface area contributed by atoms with Crippen molar-refractivity contribution in [1.29, 1.82) is 0 Å². The van der Waals surface area contributed by atoms with E-state index in [1.807, 2.05) is 0 Å². The second-order valence-corrected chi connectivity index (χ2v) is 9.19. The number of fused-ring (bicyclic) bond motifs is 1. The fraction of sp³-hybridized carbons (Fsp3) is 0.286. The van der Waals surface area contributed by atoms with Crippen LogP contribution in [-0.2, 0) is 4.74 Å². The Kier molecular flexibility index (Phi) is 6.88. The number of alkyl carbamates (subject to hydrolysis) is 1. The van der Waals surface area contributed by atoms with Crippen LogP contribution in [0.15, 0.2) is 35.1 Å². The number of ether oxygens (including phenoxy) is 1. The summed E-state index contributed by atoms with van der Waals surface area (Å²) in [5.74, 6) is -0.523. The van der Waals surface area contributed by atoms with Crippen molar-refractivity contribution in [3.05, 3.63) is 67.4 Å². The molecule has 170 valence electrons. The number of aromatic nitrogens is 2. The van der Waals surface area contributed by atoms with Crippen molar-refractivity contribution in [2.45, 2.75) is 39.3 Å². The van der Waals surface area contributed by atoms with Gasteiger partial charge in [-0.3, -0.25) is 10.2 Å². The third-order valence-electron chi connectivity index (χ3n) is 4.22. The molecule has 0 fully saturated rings. The Balaban J connectivity index is 2.15. The first-order chi connectivity index (χ1) is 14.9. The molecule has 1 atom stereocenters. The molecule has 0 aliphatic rings. The highest BCUT2D eigenvalue weighted by Gasteiger charge is 2.24. The van der Waals surface area contributed by atoms with E-state index < -0.39 is 29.1 Å². The zero-order chi connectivity index (χ0) is 23.8. The van der Waals surface area contributed by atoms with Gasteiger partial charge in [0.05, 0.1) is 37.7 Å². The van der Waals surface area contributed by atoms with Crippen LogP contribution in [0.1, 0.15) is 39.6 Å². The minimum atomic E-state index is -0.786. The van der Waals surface area contributed by atoms with Gasteiger partial charge in [-0.05, 0) is 52.0 Å². The maximum absolute atomic E-state index is 13.6. The van der Waals surface area contributed by atoms with Crippen molar-refractivity contribution in [2.75, 3.05) is 5.43 Å². The lowest BCUT2D eigenvalue weighted by atomic mass is 10.2. The Morgan fingerprint density at radius 2 is 1.78 bits per heavy atom. The number of carbonyl (C=O) groups excluding carboxylic acids is 1. The maximum atomic E-state index is 13.6. The van der Waals surface area contributed by atoms with Gasteiger partial charge in [0.1, 0.15) is 11.4 Å². The lowest BCUT2D eigenvalue weighted by Crippen LogP contribution is -2.39. The lowest BCUT2D eigenvalue weighted by Gasteiger charge is -2.24. The first kappa shape index (κ1) is 24.1. The second kappa shape index (κ2) is 9.13. The molecule has 0 saturated heterocycles. The summed E-state index contributed by atoms with van der Waals surface area (Å²) in [6, 6.07) is 6.13. The molecule has 0 aliphatic heterocycles. The number of carbonyl (C=O) groups is 1. The lowest BCUT2D eigenvalue weighted by molar-refractivity contribution is 0.0505. The predicted molar refractivity (Wildman–Crippen MR) is 124 cm³/mol. The number of amides is 1. The van der Waals surface area contributed by atoms with Gasteiger partial charge in [0, 0.05) is 0 Å². The third-order valence-corrected chi connectivity index (χ3v) is 5.13. The number of nitrogens with zero attached hydrogens (tertiary/aromatic N) is 2. The smallest absolute Gasteiger partial charge is 0.408 e. The molecule has 1 heterocycles. The Bertz CT molecular complexity index is 1230. The molecule has 2 aromatic carbocycles. The van der Waals surface area contributed by atoms with E-state index in [1.165, 1.54) is 0 Å². The third kappa shape index (κ3) is 5.26. The van der Waals surface area contributed by atoms with Gasteiger partial charge in [0.15, 0.2) is 5.82 Å². The number of benzene rings is 2. The fourth-order valence-corrected chi connectivity index (χ4v) is 3.71. The van der Waals surface area contributed by atoms with E-state index in [2.05, 4.69) is 15.7 Å². The zero-order valence-corrected chi connectivity index (χ0v) is 19.9. The summed E-state index contributed by atoms with van der Waals surface area (Å²) >= 11 is 18.5. The first-order valence-corrected chi connectivity index (χ1v) is 10.6. The summed E-state index contributed by atoms with van der Waals surface area (Å²) in [6.45, 7) is 6.80. The number of anilines is 1. The molecule has 11 heteroatoms. The number of hydrogen-bond acceptors (Lipinski definition) is 5. The Hall–Kier alpha value is -2.55. The van der Waals surface area contributed by atoms with E-state index >= 15 is 0 Å². The summed E-state index contributed by atoms with van der Waals surface area (Å²) in [4.78, 5) is 30.1. The van der Waals surface area contributed by atoms with Crippen molar-refractivity contribution < 1.29 is 13.9 Å². The van der Waals surface area contributed by atoms with Crippen molar-refractivity contribution in [1.82, 2.24) is 15.0 Å². The molecule has 1 aromatic heterocycles. The highest BCUT2D eigenvalue weighted by atomic mass is 35.5. The molecule has 32 heavy (non-hydrogen) atoms. The van der Waals surface area contributed by atoms with Crippen LogP contribution in [0, 0.1) is 5.82 Å². The van der Waals surface area contributed by atoms with Crippen LogP contribution in [0.5, 0.6) is 0 Å². The fourth-order valence-electron chi connectivity index (χ4n) is 2.92. The van der Waals surface area contributed by atoms with Crippen molar-refractivity contribution in [3.63, 3.8) is 0 Å². The van der Waals surface area contributed by atoms with Crippen LogP contribution >= 0.6 is 34.8 Å².